The molecule has 0 bridgehead atoms. The highest BCUT2D eigenvalue weighted by Gasteiger charge is 2.17. The number of halogens is 2. The summed E-state index contributed by atoms with van der Waals surface area (Å²) in [4.78, 5) is 9.84. The van der Waals surface area contributed by atoms with Crippen molar-refractivity contribution in [3.8, 4) is 0 Å². The Hall–Kier alpha value is -1.51. The van der Waals surface area contributed by atoms with Gasteiger partial charge in [0.1, 0.15) is 0 Å². The first-order valence-electron chi connectivity index (χ1n) is 4.67. The standard InChI is InChI=1S/C10H7FIN3O2/c11-10-7(2-1-3-9(10)15(16)17)5-14-6-8(12)4-13-14/h1-4,6H,5H2. The lowest BCUT2D eigenvalue weighted by Gasteiger charge is -2.03. The lowest BCUT2D eigenvalue weighted by atomic mass is 10.2. The molecule has 2 rings (SSSR count). The molecular weight excluding hydrogens is 340 g/mol. The van der Waals surface area contributed by atoms with Crippen LogP contribution in [-0.4, -0.2) is 14.7 Å². The third-order valence-electron chi connectivity index (χ3n) is 2.19. The average Bonchev–Trinajstić information content (AvgIpc) is 2.67. The van der Waals surface area contributed by atoms with Crippen LogP contribution in [0.5, 0.6) is 0 Å². The van der Waals surface area contributed by atoms with Crippen LogP contribution in [0.3, 0.4) is 0 Å². The fourth-order valence-electron chi connectivity index (χ4n) is 1.43. The minimum Gasteiger partial charge on any atom is -0.267 e. The average molecular weight is 347 g/mol. The van der Waals surface area contributed by atoms with E-state index in [0.717, 1.165) is 9.64 Å². The zero-order valence-electron chi connectivity index (χ0n) is 8.51. The number of hydrogen-bond donors (Lipinski definition) is 0. The van der Waals surface area contributed by atoms with Gasteiger partial charge in [-0.15, -0.1) is 0 Å². The van der Waals surface area contributed by atoms with Crippen molar-refractivity contribution in [2.45, 2.75) is 6.54 Å². The summed E-state index contributed by atoms with van der Waals surface area (Å²) in [7, 11) is 0. The molecule has 0 unspecified atom stereocenters. The normalized spacial score (nSPS) is 10.5. The van der Waals surface area contributed by atoms with Crippen molar-refractivity contribution in [3.05, 3.63) is 55.7 Å². The third-order valence-corrected chi connectivity index (χ3v) is 2.75. The van der Waals surface area contributed by atoms with Crippen LogP contribution < -0.4 is 0 Å². The Labute approximate surface area is 110 Å². The van der Waals surface area contributed by atoms with Gasteiger partial charge in [-0.2, -0.15) is 9.49 Å². The van der Waals surface area contributed by atoms with E-state index in [1.807, 2.05) is 0 Å². The molecule has 7 heteroatoms. The molecule has 0 radical (unpaired) electrons. The molecule has 0 aliphatic carbocycles. The molecule has 0 saturated heterocycles. The van der Waals surface area contributed by atoms with Crippen LogP contribution in [-0.2, 0) is 6.54 Å². The molecule has 0 saturated carbocycles. The summed E-state index contributed by atoms with van der Waals surface area (Å²) in [5.41, 5.74) is -0.261. The van der Waals surface area contributed by atoms with Crippen molar-refractivity contribution in [3.63, 3.8) is 0 Å². The number of nitro benzene ring substituents is 1. The Kier molecular flexibility index (Phi) is 3.36. The number of benzene rings is 1. The number of aromatic nitrogens is 2. The van der Waals surface area contributed by atoms with Crippen LogP contribution in [0.2, 0.25) is 0 Å². The fourth-order valence-corrected chi connectivity index (χ4v) is 1.87. The predicted molar refractivity (Wildman–Crippen MR) is 67.1 cm³/mol. The summed E-state index contributed by atoms with van der Waals surface area (Å²) in [6, 6.07) is 4.12. The zero-order chi connectivity index (χ0) is 12.4. The smallest absolute Gasteiger partial charge is 0.267 e. The summed E-state index contributed by atoms with van der Waals surface area (Å²) < 4.78 is 16.2. The van der Waals surface area contributed by atoms with E-state index in [1.54, 1.807) is 12.4 Å². The number of rotatable bonds is 3. The highest BCUT2D eigenvalue weighted by Crippen LogP contribution is 2.20. The molecular formula is C10H7FIN3O2. The predicted octanol–water partition coefficient (Wildman–Crippen LogP) is 2.58. The van der Waals surface area contributed by atoms with Crippen molar-refractivity contribution in [2.24, 2.45) is 0 Å². The van der Waals surface area contributed by atoms with E-state index in [0.29, 0.717) is 0 Å². The third kappa shape index (κ3) is 2.60. The van der Waals surface area contributed by atoms with Gasteiger partial charge in [0.15, 0.2) is 0 Å². The van der Waals surface area contributed by atoms with Gasteiger partial charge in [0, 0.05) is 17.8 Å². The highest BCUT2D eigenvalue weighted by atomic mass is 127. The van der Waals surface area contributed by atoms with Gasteiger partial charge in [-0.1, -0.05) is 12.1 Å². The molecule has 2 aromatic rings. The van der Waals surface area contributed by atoms with E-state index in [4.69, 9.17) is 0 Å². The first-order chi connectivity index (χ1) is 8.08. The maximum atomic E-state index is 13.7. The van der Waals surface area contributed by atoms with E-state index in [2.05, 4.69) is 27.7 Å². The van der Waals surface area contributed by atoms with Gasteiger partial charge in [-0.05, 0) is 22.6 Å². The maximum absolute atomic E-state index is 13.7. The molecule has 17 heavy (non-hydrogen) atoms. The van der Waals surface area contributed by atoms with Crippen LogP contribution in [0.15, 0.2) is 30.6 Å². The summed E-state index contributed by atoms with van der Waals surface area (Å²) in [5, 5.41) is 14.6. The van der Waals surface area contributed by atoms with Crippen molar-refractivity contribution >= 4 is 28.3 Å². The van der Waals surface area contributed by atoms with Crippen molar-refractivity contribution in [1.82, 2.24) is 9.78 Å². The van der Waals surface area contributed by atoms with Gasteiger partial charge in [-0.3, -0.25) is 14.8 Å². The fraction of sp³-hybridized carbons (Fsp3) is 0.100. The quantitative estimate of drug-likeness (QED) is 0.487. The Balaban J connectivity index is 2.33. The van der Waals surface area contributed by atoms with Crippen LogP contribution >= 0.6 is 22.6 Å². The second-order valence-corrected chi connectivity index (χ2v) is 4.61. The molecule has 0 atom stereocenters. The van der Waals surface area contributed by atoms with Gasteiger partial charge in [0.05, 0.1) is 21.2 Å². The molecule has 0 amide bonds. The molecule has 0 aliphatic heterocycles. The monoisotopic (exact) mass is 347 g/mol. The Morgan fingerprint density at radius 3 is 2.88 bits per heavy atom. The van der Waals surface area contributed by atoms with E-state index < -0.39 is 16.4 Å². The van der Waals surface area contributed by atoms with Crippen LogP contribution in [0, 0.1) is 19.5 Å². The molecule has 0 fully saturated rings. The highest BCUT2D eigenvalue weighted by molar-refractivity contribution is 14.1. The summed E-state index contributed by atoms with van der Waals surface area (Å²) in [6.07, 6.45) is 3.37. The van der Waals surface area contributed by atoms with Gasteiger partial charge < -0.3 is 0 Å². The molecule has 88 valence electrons. The minimum absolute atomic E-state index is 0.177. The second-order valence-electron chi connectivity index (χ2n) is 3.36. The molecule has 0 aliphatic rings. The van der Waals surface area contributed by atoms with Crippen LogP contribution in [0.1, 0.15) is 5.56 Å². The molecule has 1 aromatic carbocycles. The maximum Gasteiger partial charge on any atom is 0.305 e. The Bertz CT molecular complexity index is 570. The van der Waals surface area contributed by atoms with E-state index in [-0.39, 0.29) is 12.1 Å². The van der Waals surface area contributed by atoms with Gasteiger partial charge in [-0.25, -0.2) is 0 Å². The molecule has 1 heterocycles. The lowest BCUT2D eigenvalue weighted by Crippen LogP contribution is -2.04. The Morgan fingerprint density at radius 2 is 2.29 bits per heavy atom. The SMILES string of the molecule is O=[N+]([O-])c1cccc(Cn2cc(I)cn2)c1F. The van der Waals surface area contributed by atoms with E-state index >= 15 is 0 Å². The molecule has 1 aromatic heterocycles. The van der Waals surface area contributed by atoms with Crippen LogP contribution in [0.4, 0.5) is 10.1 Å². The van der Waals surface area contributed by atoms with Crippen molar-refractivity contribution in [2.75, 3.05) is 0 Å². The zero-order valence-corrected chi connectivity index (χ0v) is 10.7. The number of hydrogen-bond acceptors (Lipinski definition) is 3. The Morgan fingerprint density at radius 1 is 1.53 bits per heavy atom. The number of nitro groups is 1. The molecule has 0 spiro atoms. The molecule has 5 nitrogen and oxygen atoms in total. The summed E-state index contributed by atoms with van der Waals surface area (Å²) in [5.74, 6) is -0.803. The van der Waals surface area contributed by atoms with Gasteiger partial charge >= 0.3 is 5.69 Å². The minimum atomic E-state index is -0.803. The molecule has 0 N–H and O–H groups in total. The first-order valence-corrected chi connectivity index (χ1v) is 5.75. The lowest BCUT2D eigenvalue weighted by molar-refractivity contribution is -0.387. The first kappa shape index (κ1) is 12.0. The topological polar surface area (TPSA) is 61.0 Å². The van der Waals surface area contributed by atoms with E-state index in [9.17, 15) is 14.5 Å². The largest absolute Gasteiger partial charge is 0.305 e. The second kappa shape index (κ2) is 4.78. The summed E-state index contributed by atoms with van der Waals surface area (Å²) in [6.45, 7) is 0.177. The van der Waals surface area contributed by atoms with Crippen LogP contribution in [0.25, 0.3) is 0 Å². The van der Waals surface area contributed by atoms with E-state index in [1.165, 1.54) is 16.8 Å². The van der Waals surface area contributed by atoms with Crippen molar-refractivity contribution < 1.29 is 9.31 Å². The summed E-state index contributed by atoms with van der Waals surface area (Å²) >= 11 is 2.08. The van der Waals surface area contributed by atoms with Crippen molar-refractivity contribution in [1.29, 1.82) is 0 Å². The van der Waals surface area contributed by atoms with Gasteiger partial charge in [0.2, 0.25) is 5.82 Å². The van der Waals surface area contributed by atoms with Gasteiger partial charge in [0.25, 0.3) is 0 Å². The number of nitrogens with zero attached hydrogens (tertiary/aromatic N) is 3.